The molecule has 0 radical (unpaired) electrons. The van der Waals surface area contributed by atoms with E-state index in [0.717, 1.165) is 16.3 Å². The van der Waals surface area contributed by atoms with Gasteiger partial charge in [0.2, 0.25) is 0 Å². The molecule has 2 aromatic rings. The number of rotatable bonds is 7. The Bertz CT molecular complexity index is 648. The Labute approximate surface area is 153 Å². The smallest absolute Gasteiger partial charge is 0.256 e. The Balaban J connectivity index is 0.00000288. The summed E-state index contributed by atoms with van der Waals surface area (Å²) in [5, 5.41) is 3.34. The highest BCUT2D eigenvalue weighted by Crippen LogP contribution is 2.27. The van der Waals surface area contributed by atoms with Crippen LogP contribution in [-0.4, -0.2) is 24.3 Å². The maximum absolute atomic E-state index is 12.5. The monoisotopic (exact) mass is 366 g/mol. The molecule has 0 atom stereocenters. The molecule has 0 aliphatic carbocycles. The Morgan fingerprint density at radius 3 is 2.46 bits per heavy atom. The predicted molar refractivity (Wildman–Crippen MR) is 104 cm³/mol. The summed E-state index contributed by atoms with van der Waals surface area (Å²) in [6.45, 7) is 5.17. The van der Waals surface area contributed by atoms with Gasteiger partial charge in [-0.3, -0.25) is 4.79 Å². The number of thioether (sulfide) groups is 1. The Morgan fingerprint density at radius 1 is 1.17 bits per heavy atom. The van der Waals surface area contributed by atoms with Crippen LogP contribution in [0.1, 0.15) is 24.2 Å². The summed E-state index contributed by atoms with van der Waals surface area (Å²) in [4.78, 5) is 13.5. The standard InChI is InChI=1S/C18H22N2O2S.ClH/c1-13(2)23-17-6-4-3-5-16(17)18(21)20-14-7-9-15(10-8-14)22-12-11-19;/h3-10,13H,11-12,19H2,1-2H3,(H,20,21);1H. The predicted octanol–water partition coefficient (Wildman–Crippen LogP) is 4.20. The van der Waals surface area contributed by atoms with Crippen LogP contribution in [0.2, 0.25) is 0 Å². The third-order valence-electron chi connectivity index (χ3n) is 2.99. The molecule has 4 nitrogen and oxygen atoms in total. The number of nitrogens with two attached hydrogens (primary N) is 1. The number of carbonyl (C=O) groups excluding carboxylic acids is 1. The molecule has 0 heterocycles. The summed E-state index contributed by atoms with van der Waals surface area (Å²) in [6, 6.07) is 14.9. The van der Waals surface area contributed by atoms with Gasteiger partial charge in [-0.05, 0) is 36.4 Å². The van der Waals surface area contributed by atoms with Crippen molar-refractivity contribution in [1.82, 2.24) is 0 Å². The number of hydrogen-bond acceptors (Lipinski definition) is 4. The SMILES string of the molecule is CC(C)Sc1ccccc1C(=O)Nc1ccc(OCCN)cc1.Cl. The maximum atomic E-state index is 12.5. The fourth-order valence-corrected chi connectivity index (χ4v) is 2.97. The van der Waals surface area contributed by atoms with Gasteiger partial charge in [-0.2, -0.15) is 0 Å². The fourth-order valence-electron chi connectivity index (χ4n) is 2.02. The minimum absolute atomic E-state index is 0. The van der Waals surface area contributed by atoms with Gasteiger partial charge in [-0.25, -0.2) is 0 Å². The number of nitrogens with one attached hydrogen (secondary N) is 1. The molecule has 0 aliphatic rings. The number of benzene rings is 2. The highest BCUT2D eigenvalue weighted by Gasteiger charge is 2.12. The molecule has 0 bridgehead atoms. The number of amides is 1. The van der Waals surface area contributed by atoms with Crippen LogP contribution in [0.25, 0.3) is 0 Å². The molecule has 0 aliphatic heterocycles. The van der Waals surface area contributed by atoms with Gasteiger partial charge in [0.25, 0.3) is 5.91 Å². The van der Waals surface area contributed by atoms with Crippen LogP contribution in [0, 0.1) is 0 Å². The lowest BCUT2D eigenvalue weighted by Crippen LogP contribution is -2.13. The second kappa shape index (κ2) is 10.2. The highest BCUT2D eigenvalue weighted by atomic mass is 35.5. The molecule has 0 saturated heterocycles. The summed E-state index contributed by atoms with van der Waals surface area (Å²) < 4.78 is 5.42. The number of carbonyl (C=O) groups is 1. The zero-order valence-corrected chi connectivity index (χ0v) is 15.5. The molecule has 0 saturated carbocycles. The lowest BCUT2D eigenvalue weighted by Gasteiger charge is -2.12. The van der Waals surface area contributed by atoms with Gasteiger partial charge in [-0.1, -0.05) is 26.0 Å². The van der Waals surface area contributed by atoms with E-state index in [-0.39, 0.29) is 18.3 Å². The van der Waals surface area contributed by atoms with E-state index in [4.69, 9.17) is 10.5 Å². The van der Waals surface area contributed by atoms with Gasteiger partial charge in [0.1, 0.15) is 12.4 Å². The third kappa shape index (κ3) is 6.07. The maximum Gasteiger partial charge on any atom is 0.256 e. The Morgan fingerprint density at radius 2 is 1.83 bits per heavy atom. The van der Waals surface area contributed by atoms with E-state index in [9.17, 15) is 4.79 Å². The topological polar surface area (TPSA) is 64.3 Å². The van der Waals surface area contributed by atoms with Gasteiger partial charge >= 0.3 is 0 Å². The van der Waals surface area contributed by atoms with Crippen LogP contribution in [0.3, 0.4) is 0 Å². The lowest BCUT2D eigenvalue weighted by molar-refractivity contribution is 0.102. The van der Waals surface area contributed by atoms with Crippen molar-refractivity contribution in [2.24, 2.45) is 5.73 Å². The largest absolute Gasteiger partial charge is 0.492 e. The minimum Gasteiger partial charge on any atom is -0.492 e. The second-order valence-corrected chi connectivity index (χ2v) is 6.90. The van der Waals surface area contributed by atoms with Crippen molar-refractivity contribution >= 4 is 35.8 Å². The van der Waals surface area contributed by atoms with Crippen molar-refractivity contribution < 1.29 is 9.53 Å². The molecule has 3 N–H and O–H groups in total. The molecule has 0 fully saturated rings. The summed E-state index contributed by atoms with van der Waals surface area (Å²) >= 11 is 1.68. The Hall–Kier alpha value is -1.69. The van der Waals surface area contributed by atoms with E-state index in [2.05, 4.69) is 19.2 Å². The summed E-state index contributed by atoms with van der Waals surface area (Å²) in [5.41, 5.74) is 6.83. The number of halogens is 1. The molecule has 130 valence electrons. The van der Waals surface area contributed by atoms with Gasteiger partial charge in [0, 0.05) is 22.4 Å². The van der Waals surface area contributed by atoms with Crippen molar-refractivity contribution in [3.63, 3.8) is 0 Å². The minimum atomic E-state index is -0.107. The molecule has 0 spiro atoms. The first kappa shape index (κ1) is 20.4. The number of hydrogen-bond donors (Lipinski definition) is 2. The van der Waals surface area contributed by atoms with Crippen LogP contribution in [0.5, 0.6) is 5.75 Å². The fraction of sp³-hybridized carbons (Fsp3) is 0.278. The summed E-state index contributed by atoms with van der Waals surface area (Å²) in [5.74, 6) is 0.633. The molecule has 0 unspecified atom stereocenters. The molecular formula is C18H23ClN2O2S. The zero-order valence-electron chi connectivity index (χ0n) is 13.8. The normalized spacial score (nSPS) is 10.2. The van der Waals surface area contributed by atoms with Crippen molar-refractivity contribution in [3.8, 4) is 5.75 Å². The zero-order chi connectivity index (χ0) is 16.7. The Kier molecular flexibility index (Phi) is 8.68. The van der Waals surface area contributed by atoms with E-state index >= 15 is 0 Å². The molecule has 6 heteroatoms. The van der Waals surface area contributed by atoms with Crippen molar-refractivity contribution in [1.29, 1.82) is 0 Å². The van der Waals surface area contributed by atoms with Crippen molar-refractivity contribution in [2.75, 3.05) is 18.5 Å². The number of anilines is 1. The van der Waals surface area contributed by atoms with Crippen LogP contribution >= 0.6 is 24.2 Å². The quantitative estimate of drug-likeness (QED) is 0.721. The molecular weight excluding hydrogens is 344 g/mol. The molecule has 2 aromatic carbocycles. The second-order valence-electron chi connectivity index (χ2n) is 5.28. The van der Waals surface area contributed by atoms with E-state index in [1.54, 1.807) is 11.8 Å². The number of ether oxygens (including phenoxy) is 1. The van der Waals surface area contributed by atoms with Crippen LogP contribution in [-0.2, 0) is 0 Å². The third-order valence-corrected chi connectivity index (χ3v) is 4.07. The summed E-state index contributed by atoms with van der Waals surface area (Å²) in [7, 11) is 0. The molecule has 2 rings (SSSR count). The van der Waals surface area contributed by atoms with E-state index in [1.165, 1.54) is 0 Å². The van der Waals surface area contributed by atoms with Crippen molar-refractivity contribution in [2.45, 2.75) is 24.0 Å². The van der Waals surface area contributed by atoms with Crippen LogP contribution in [0.4, 0.5) is 5.69 Å². The van der Waals surface area contributed by atoms with Crippen LogP contribution < -0.4 is 15.8 Å². The first-order valence-corrected chi connectivity index (χ1v) is 8.48. The van der Waals surface area contributed by atoms with E-state index < -0.39 is 0 Å². The molecule has 1 amide bonds. The average Bonchev–Trinajstić information content (AvgIpc) is 2.54. The van der Waals surface area contributed by atoms with Gasteiger partial charge in [-0.15, -0.1) is 24.2 Å². The van der Waals surface area contributed by atoms with E-state index in [1.807, 2.05) is 48.5 Å². The molecule has 24 heavy (non-hydrogen) atoms. The van der Waals surface area contributed by atoms with Crippen molar-refractivity contribution in [3.05, 3.63) is 54.1 Å². The van der Waals surface area contributed by atoms with Gasteiger partial charge in [0.05, 0.1) is 5.56 Å². The lowest BCUT2D eigenvalue weighted by atomic mass is 10.2. The van der Waals surface area contributed by atoms with E-state index in [0.29, 0.717) is 24.0 Å². The first-order valence-electron chi connectivity index (χ1n) is 7.60. The molecule has 0 aromatic heterocycles. The van der Waals surface area contributed by atoms with Gasteiger partial charge < -0.3 is 15.8 Å². The average molecular weight is 367 g/mol. The summed E-state index contributed by atoms with van der Waals surface area (Å²) in [6.07, 6.45) is 0. The first-order chi connectivity index (χ1) is 11.1. The van der Waals surface area contributed by atoms with Crippen LogP contribution in [0.15, 0.2) is 53.4 Å². The highest BCUT2D eigenvalue weighted by molar-refractivity contribution is 8.00. The van der Waals surface area contributed by atoms with Gasteiger partial charge in [0.15, 0.2) is 0 Å².